The van der Waals surface area contributed by atoms with Crippen molar-refractivity contribution in [2.45, 2.75) is 0 Å². The number of aromatic amines is 1. The van der Waals surface area contributed by atoms with Gasteiger partial charge in [-0.15, -0.1) is 0 Å². The molecule has 0 amide bonds. The fourth-order valence-electron chi connectivity index (χ4n) is 1.93. The third kappa shape index (κ3) is 2.44. The minimum Gasteiger partial charge on any atom is -0.337 e. The van der Waals surface area contributed by atoms with Gasteiger partial charge in [-0.1, -0.05) is 42.5 Å². The summed E-state index contributed by atoms with van der Waals surface area (Å²) in [4.78, 5) is 7.68. The van der Waals surface area contributed by atoms with Gasteiger partial charge in [0.15, 0.2) is 5.82 Å². The maximum absolute atomic E-state index is 5.32. The summed E-state index contributed by atoms with van der Waals surface area (Å²) in [5.41, 5.74) is 2.72. The van der Waals surface area contributed by atoms with Crippen molar-refractivity contribution in [3.8, 4) is 22.8 Å². The lowest BCUT2D eigenvalue weighted by atomic mass is 10.1. The second kappa shape index (κ2) is 5.30. The third-order valence-corrected chi connectivity index (χ3v) is 4.21. The summed E-state index contributed by atoms with van der Waals surface area (Å²) < 4.78 is 3.04. The number of aryl methyl sites for hydroxylation is 1. The maximum Gasteiger partial charge on any atom is 0.160 e. The molecule has 2 aromatic heterocycles. The second-order valence-electron chi connectivity index (χ2n) is 4.32. The van der Waals surface area contributed by atoms with E-state index < -0.39 is 0 Å². The molecule has 0 aliphatic heterocycles. The second-order valence-corrected chi connectivity index (χ2v) is 5.50. The lowest BCUT2D eigenvalue weighted by Gasteiger charge is -2.07. The Bertz CT molecular complexity index is 808. The molecule has 6 heteroatoms. The molecule has 0 aliphatic carbocycles. The lowest BCUT2D eigenvalue weighted by Crippen LogP contribution is -1.96. The summed E-state index contributed by atoms with van der Waals surface area (Å²) in [6.45, 7) is 0. The van der Waals surface area contributed by atoms with E-state index in [1.807, 2.05) is 49.6 Å². The summed E-state index contributed by atoms with van der Waals surface area (Å²) in [5, 5.41) is 4.35. The monoisotopic (exact) mass is 346 g/mol. The molecule has 2 heterocycles. The Morgan fingerprint density at radius 3 is 2.60 bits per heavy atom. The molecule has 0 fully saturated rings. The topological polar surface area (TPSA) is 46.5 Å². The van der Waals surface area contributed by atoms with E-state index in [0.717, 1.165) is 21.4 Å². The Morgan fingerprint density at radius 1 is 1.20 bits per heavy atom. The van der Waals surface area contributed by atoms with Crippen LogP contribution in [-0.2, 0) is 7.05 Å². The molecule has 0 saturated heterocycles. The van der Waals surface area contributed by atoms with E-state index in [4.69, 9.17) is 12.2 Å². The van der Waals surface area contributed by atoms with E-state index in [2.05, 4.69) is 31.0 Å². The maximum atomic E-state index is 5.32. The molecule has 0 aliphatic rings. The Hall–Kier alpha value is -1.79. The Balaban J connectivity index is 2.21. The van der Waals surface area contributed by atoms with E-state index in [1.54, 1.807) is 4.68 Å². The molecule has 3 rings (SSSR count). The van der Waals surface area contributed by atoms with Gasteiger partial charge in [-0.25, -0.2) is 4.98 Å². The van der Waals surface area contributed by atoms with Gasteiger partial charge in [0.1, 0.15) is 10.3 Å². The van der Waals surface area contributed by atoms with Crippen LogP contribution in [0.15, 0.2) is 47.1 Å². The van der Waals surface area contributed by atoms with Crippen LogP contribution in [0.4, 0.5) is 0 Å². The number of hydrogen-bond acceptors (Lipinski definition) is 3. The molecule has 0 spiro atoms. The SMILES string of the molecule is Cn1ccc(-c2nc(=S)c(Br)c(-c3ccccc3)[nH]2)n1. The molecule has 0 atom stereocenters. The van der Waals surface area contributed by atoms with Crippen LogP contribution in [0.5, 0.6) is 0 Å². The van der Waals surface area contributed by atoms with Crippen LogP contribution in [0, 0.1) is 4.64 Å². The number of H-pyrrole nitrogens is 1. The van der Waals surface area contributed by atoms with Crippen LogP contribution in [-0.4, -0.2) is 19.7 Å². The Labute approximate surface area is 129 Å². The highest BCUT2D eigenvalue weighted by molar-refractivity contribution is 9.10. The minimum absolute atomic E-state index is 0.517. The number of nitrogens with one attached hydrogen (secondary N) is 1. The first-order valence-corrected chi connectivity index (χ1v) is 7.20. The van der Waals surface area contributed by atoms with E-state index in [-0.39, 0.29) is 0 Å². The van der Waals surface area contributed by atoms with Crippen molar-refractivity contribution in [2.24, 2.45) is 7.05 Å². The standard InChI is InChI=1S/C14H11BrN4S/c1-19-8-7-10(18-19)13-16-12(11(15)14(20)17-13)9-5-3-2-4-6-9/h2-8H,1H3,(H,16,17,20). The van der Waals surface area contributed by atoms with Gasteiger partial charge in [0, 0.05) is 13.2 Å². The highest BCUT2D eigenvalue weighted by Crippen LogP contribution is 2.28. The molecule has 20 heavy (non-hydrogen) atoms. The molecule has 100 valence electrons. The zero-order chi connectivity index (χ0) is 14.1. The van der Waals surface area contributed by atoms with Crippen molar-refractivity contribution in [1.29, 1.82) is 0 Å². The average molecular weight is 347 g/mol. The molecule has 0 saturated carbocycles. The van der Waals surface area contributed by atoms with Crippen LogP contribution < -0.4 is 0 Å². The van der Waals surface area contributed by atoms with Crippen molar-refractivity contribution >= 4 is 28.1 Å². The number of hydrogen-bond donors (Lipinski definition) is 1. The number of nitrogens with zero attached hydrogens (tertiary/aromatic N) is 3. The van der Waals surface area contributed by atoms with Gasteiger partial charge in [-0.2, -0.15) is 5.10 Å². The first kappa shape index (κ1) is 13.2. The molecule has 1 N–H and O–H groups in total. The molecule has 1 aromatic carbocycles. The number of aromatic nitrogens is 4. The normalized spacial score (nSPS) is 10.7. The van der Waals surface area contributed by atoms with Gasteiger partial charge in [-0.05, 0) is 27.6 Å². The number of halogens is 1. The van der Waals surface area contributed by atoms with Crippen LogP contribution in [0.3, 0.4) is 0 Å². The molecule has 0 bridgehead atoms. The largest absolute Gasteiger partial charge is 0.337 e. The number of rotatable bonds is 2. The zero-order valence-electron chi connectivity index (χ0n) is 10.7. The van der Waals surface area contributed by atoms with Crippen LogP contribution in [0.1, 0.15) is 0 Å². The highest BCUT2D eigenvalue weighted by Gasteiger charge is 2.11. The van der Waals surface area contributed by atoms with Crippen LogP contribution in [0.2, 0.25) is 0 Å². The first-order chi connectivity index (χ1) is 9.65. The van der Waals surface area contributed by atoms with Gasteiger partial charge in [0.05, 0.1) is 10.2 Å². The van der Waals surface area contributed by atoms with Crippen molar-refractivity contribution in [3.63, 3.8) is 0 Å². The first-order valence-electron chi connectivity index (χ1n) is 6.00. The van der Waals surface area contributed by atoms with E-state index in [9.17, 15) is 0 Å². The van der Waals surface area contributed by atoms with Gasteiger partial charge in [0.2, 0.25) is 0 Å². The quantitative estimate of drug-likeness (QED) is 0.714. The summed E-state index contributed by atoms with van der Waals surface area (Å²) in [6, 6.07) is 11.9. The number of benzene rings is 1. The van der Waals surface area contributed by atoms with Crippen LogP contribution >= 0.6 is 28.1 Å². The molecular formula is C14H11BrN4S. The summed E-state index contributed by atoms with van der Waals surface area (Å²) >= 11 is 8.83. The zero-order valence-corrected chi connectivity index (χ0v) is 13.1. The van der Waals surface area contributed by atoms with E-state index in [1.165, 1.54) is 0 Å². The van der Waals surface area contributed by atoms with Gasteiger partial charge >= 0.3 is 0 Å². The van der Waals surface area contributed by atoms with Crippen LogP contribution in [0.25, 0.3) is 22.8 Å². The molecular weight excluding hydrogens is 336 g/mol. The minimum atomic E-state index is 0.517. The fraction of sp³-hybridized carbons (Fsp3) is 0.0714. The van der Waals surface area contributed by atoms with E-state index >= 15 is 0 Å². The molecule has 0 unspecified atom stereocenters. The van der Waals surface area contributed by atoms with Gasteiger partial charge in [0.25, 0.3) is 0 Å². The molecule has 0 radical (unpaired) electrons. The Morgan fingerprint density at radius 2 is 1.95 bits per heavy atom. The van der Waals surface area contributed by atoms with Crippen molar-refractivity contribution < 1.29 is 0 Å². The smallest absolute Gasteiger partial charge is 0.160 e. The van der Waals surface area contributed by atoms with Crippen molar-refractivity contribution in [1.82, 2.24) is 19.7 Å². The van der Waals surface area contributed by atoms with Crippen molar-refractivity contribution in [3.05, 3.63) is 51.7 Å². The Kier molecular flexibility index (Phi) is 3.50. The predicted molar refractivity (Wildman–Crippen MR) is 84.8 cm³/mol. The lowest BCUT2D eigenvalue weighted by molar-refractivity contribution is 0.768. The van der Waals surface area contributed by atoms with E-state index in [0.29, 0.717) is 10.5 Å². The third-order valence-electron chi connectivity index (χ3n) is 2.88. The fourth-order valence-corrected chi connectivity index (χ4v) is 2.54. The van der Waals surface area contributed by atoms with Gasteiger partial charge < -0.3 is 4.98 Å². The summed E-state index contributed by atoms with van der Waals surface area (Å²) in [5.74, 6) is 0.664. The van der Waals surface area contributed by atoms with Crippen molar-refractivity contribution in [2.75, 3.05) is 0 Å². The molecule has 3 aromatic rings. The van der Waals surface area contributed by atoms with Gasteiger partial charge in [-0.3, -0.25) is 4.68 Å². The predicted octanol–water partition coefficient (Wildman–Crippen LogP) is 3.97. The average Bonchev–Trinajstić information content (AvgIpc) is 2.89. The molecule has 4 nitrogen and oxygen atoms in total. The summed E-state index contributed by atoms with van der Waals surface area (Å²) in [7, 11) is 1.87. The summed E-state index contributed by atoms with van der Waals surface area (Å²) in [6.07, 6.45) is 1.87. The highest BCUT2D eigenvalue weighted by atomic mass is 79.9.